The lowest BCUT2D eigenvalue weighted by Crippen LogP contribution is -2.34. The molecule has 0 aliphatic carbocycles. The number of benzene rings is 2. The number of aromatic nitrogens is 3. The third-order valence-electron chi connectivity index (χ3n) is 4.26. The molecule has 0 bridgehead atoms. The second kappa shape index (κ2) is 8.12. The van der Waals surface area contributed by atoms with Crippen molar-refractivity contribution in [2.75, 3.05) is 17.7 Å². The fourth-order valence-corrected chi connectivity index (χ4v) is 4.31. The molecule has 2 aromatic heterocycles. The molecule has 0 unspecified atom stereocenters. The summed E-state index contributed by atoms with van der Waals surface area (Å²) in [4.78, 5) is 20.3. The molecule has 0 spiro atoms. The first-order valence-electron chi connectivity index (χ1n) is 8.64. The monoisotopic (exact) mass is 412 g/mol. The Bertz CT molecular complexity index is 1110. The van der Waals surface area contributed by atoms with Gasteiger partial charge in [0.05, 0.1) is 11.2 Å². The highest BCUT2D eigenvalue weighted by atomic mass is 32.2. The molecule has 4 aromatic rings. The fourth-order valence-electron chi connectivity index (χ4n) is 2.85. The smallest absolute Gasteiger partial charge is 0.260 e. The normalized spacial score (nSPS) is 11.1. The number of hydrogen-bond donors (Lipinski definition) is 0. The summed E-state index contributed by atoms with van der Waals surface area (Å²) in [6.07, 6.45) is 5.51. The average Bonchev–Trinajstić information content (AvgIpc) is 3.38. The fraction of sp³-hybridized carbons (Fsp3) is 0.150. The van der Waals surface area contributed by atoms with E-state index in [2.05, 4.69) is 10.1 Å². The van der Waals surface area contributed by atoms with Gasteiger partial charge in [-0.2, -0.15) is 5.10 Å². The number of thiazole rings is 1. The van der Waals surface area contributed by atoms with Crippen LogP contribution < -0.4 is 4.90 Å². The topological polar surface area (TPSA) is 51.0 Å². The SMILES string of the molecule is CSc1cccc(C(=O)N(CCn2cccn2)c2nc3c(F)cccc3s2)c1. The summed E-state index contributed by atoms with van der Waals surface area (Å²) in [5.74, 6) is -0.550. The standard InChI is InChI=1S/C20H17FN4OS2/c1-27-15-6-2-5-14(13-15)19(26)25(12-11-24-10-4-9-22-24)20-23-18-16(21)7-3-8-17(18)28-20/h2-10,13H,11-12H2,1H3. The highest BCUT2D eigenvalue weighted by Crippen LogP contribution is 2.31. The Hall–Kier alpha value is -2.71. The van der Waals surface area contributed by atoms with E-state index >= 15 is 0 Å². The lowest BCUT2D eigenvalue weighted by Gasteiger charge is -2.20. The highest BCUT2D eigenvalue weighted by molar-refractivity contribution is 7.98. The van der Waals surface area contributed by atoms with Crippen LogP contribution in [0.5, 0.6) is 0 Å². The summed E-state index contributed by atoms with van der Waals surface area (Å²) in [6.45, 7) is 0.894. The Labute approximate surface area is 169 Å². The van der Waals surface area contributed by atoms with Gasteiger partial charge in [0.15, 0.2) is 5.13 Å². The Morgan fingerprint density at radius 2 is 2.11 bits per heavy atom. The maximum Gasteiger partial charge on any atom is 0.260 e. The summed E-state index contributed by atoms with van der Waals surface area (Å²) in [5.41, 5.74) is 0.865. The van der Waals surface area contributed by atoms with Gasteiger partial charge in [-0.3, -0.25) is 14.4 Å². The van der Waals surface area contributed by atoms with Crippen molar-refractivity contribution in [1.82, 2.24) is 14.8 Å². The molecule has 28 heavy (non-hydrogen) atoms. The van der Waals surface area contributed by atoms with Crippen LogP contribution >= 0.6 is 23.1 Å². The van der Waals surface area contributed by atoms with Gasteiger partial charge in [0, 0.05) is 29.4 Å². The van der Waals surface area contributed by atoms with E-state index in [-0.39, 0.29) is 17.2 Å². The largest absolute Gasteiger partial charge is 0.282 e. The van der Waals surface area contributed by atoms with Gasteiger partial charge in [-0.1, -0.05) is 23.5 Å². The van der Waals surface area contributed by atoms with Crippen LogP contribution in [0, 0.1) is 5.82 Å². The van der Waals surface area contributed by atoms with Crippen LogP contribution in [0.3, 0.4) is 0 Å². The van der Waals surface area contributed by atoms with Crippen molar-refractivity contribution >= 4 is 44.4 Å². The molecular weight excluding hydrogens is 395 g/mol. The maximum absolute atomic E-state index is 14.1. The summed E-state index contributed by atoms with van der Waals surface area (Å²) in [6, 6.07) is 14.1. The lowest BCUT2D eigenvalue weighted by atomic mass is 10.2. The second-order valence-corrected chi connectivity index (χ2v) is 7.93. The molecule has 2 heterocycles. The van der Waals surface area contributed by atoms with E-state index in [4.69, 9.17) is 0 Å². The minimum Gasteiger partial charge on any atom is -0.282 e. The quantitative estimate of drug-likeness (QED) is 0.431. The number of nitrogens with zero attached hydrogens (tertiary/aromatic N) is 4. The number of hydrogen-bond acceptors (Lipinski definition) is 5. The zero-order valence-electron chi connectivity index (χ0n) is 15.1. The molecule has 8 heteroatoms. The number of amides is 1. The van der Waals surface area contributed by atoms with Crippen molar-refractivity contribution in [1.29, 1.82) is 0 Å². The zero-order valence-corrected chi connectivity index (χ0v) is 16.7. The lowest BCUT2D eigenvalue weighted by molar-refractivity contribution is 0.0985. The summed E-state index contributed by atoms with van der Waals surface area (Å²) < 4.78 is 16.6. The predicted octanol–water partition coefficient (Wildman–Crippen LogP) is 4.70. The first kappa shape index (κ1) is 18.6. The Balaban J connectivity index is 1.71. The molecule has 0 saturated carbocycles. The number of para-hydroxylation sites is 1. The van der Waals surface area contributed by atoms with E-state index in [0.717, 1.165) is 4.90 Å². The molecule has 0 aliphatic rings. The van der Waals surface area contributed by atoms with Gasteiger partial charge >= 0.3 is 0 Å². The van der Waals surface area contributed by atoms with Crippen LogP contribution in [0.4, 0.5) is 9.52 Å². The van der Waals surface area contributed by atoms with E-state index in [1.807, 2.05) is 42.8 Å². The van der Waals surface area contributed by atoms with Crippen molar-refractivity contribution < 1.29 is 9.18 Å². The molecule has 0 N–H and O–H groups in total. The van der Waals surface area contributed by atoms with Crippen molar-refractivity contribution in [3.05, 3.63) is 72.3 Å². The first-order valence-corrected chi connectivity index (χ1v) is 10.7. The number of halogens is 1. The van der Waals surface area contributed by atoms with Crippen molar-refractivity contribution in [2.24, 2.45) is 0 Å². The van der Waals surface area contributed by atoms with E-state index in [9.17, 15) is 9.18 Å². The van der Waals surface area contributed by atoms with Gasteiger partial charge in [0.2, 0.25) is 0 Å². The number of rotatable bonds is 6. The Morgan fingerprint density at radius 1 is 1.25 bits per heavy atom. The summed E-state index contributed by atoms with van der Waals surface area (Å²) in [7, 11) is 0. The van der Waals surface area contributed by atoms with Gasteiger partial charge in [0.1, 0.15) is 11.3 Å². The van der Waals surface area contributed by atoms with E-state index in [1.54, 1.807) is 39.7 Å². The van der Waals surface area contributed by atoms with Gasteiger partial charge in [-0.05, 0) is 42.7 Å². The minimum atomic E-state index is -0.385. The third-order valence-corrected chi connectivity index (χ3v) is 6.03. The number of anilines is 1. The number of thioether (sulfide) groups is 1. The summed E-state index contributed by atoms with van der Waals surface area (Å²) >= 11 is 2.89. The molecule has 5 nitrogen and oxygen atoms in total. The summed E-state index contributed by atoms with van der Waals surface area (Å²) in [5, 5.41) is 4.68. The maximum atomic E-state index is 14.1. The molecule has 0 atom stereocenters. The molecule has 0 saturated heterocycles. The first-order chi connectivity index (χ1) is 13.7. The van der Waals surface area contributed by atoms with E-state index < -0.39 is 0 Å². The Kier molecular flexibility index (Phi) is 5.40. The molecule has 4 rings (SSSR count). The zero-order chi connectivity index (χ0) is 19.5. The van der Waals surface area contributed by atoms with E-state index in [0.29, 0.717) is 28.5 Å². The van der Waals surface area contributed by atoms with Gasteiger partial charge in [-0.25, -0.2) is 9.37 Å². The molecule has 0 fully saturated rings. The number of carbonyl (C=O) groups is 1. The molecule has 2 aromatic carbocycles. The van der Waals surface area contributed by atoms with Crippen LogP contribution in [-0.2, 0) is 6.54 Å². The molecule has 0 radical (unpaired) electrons. The average molecular weight is 413 g/mol. The van der Waals surface area contributed by atoms with Crippen LogP contribution in [0.2, 0.25) is 0 Å². The highest BCUT2D eigenvalue weighted by Gasteiger charge is 2.22. The van der Waals surface area contributed by atoms with Crippen LogP contribution in [0.1, 0.15) is 10.4 Å². The van der Waals surface area contributed by atoms with Crippen molar-refractivity contribution in [3.8, 4) is 0 Å². The number of fused-ring (bicyclic) bond motifs is 1. The van der Waals surface area contributed by atoms with Gasteiger partial charge in [0.25, 0.3) is 5.91 Å². The minimum absolute atomic E-state index is 0.164. The second-order valence-electron chi connectivity index (χ2n) is 6.04. The number of carbonyl (C=O) groups excluding carboxylic acids is 1. The van der Waals surface area contributed by atoms with Gasteiger partial charge < -0.3 is 0 Å². The van der Waals surface area contributed by atoms with Gasteiger partial charge in [-0.15, -0.1) is 11.8 Å². The van der Waals surface area contributed by atoms with Crippen LogP contribution in [-0.4, -0.2) is 33.5 Å². The van der Waals surface area contributed by atoms with Crippen LogP contribution in [0.15, 0.2) is 65.8 Å². The third kappa shape index (κ3) is 3.79. The Morgan fingerprint density at radius 3 is 2.86 bits per heavy atom. The van der Waals surface area contributed by atoms with Crippen molar-refractivity contribution in [2.45, 2.75) is 11.4 Å². The molecular formula is C20H17FN4OS2. The van der Waals surface area contributed by atoms with Crippen molar-refractivity contribution in [3.63, 3.8) is 0 Å². The molecule has 142 valence electrons. The van der Waals surface area contributed by atoms with Crippen LogP contribution in [0.25, 0.3) is 10.2 Å². The molecule has 0 aliphatic heterocycles. The predicted molar refractivity (Wildman–Crippen MR) is 112 cm³/mol. The van der Waals surface area contributed by atoms with E-state index in [1.165, 1.54) is 17.4 Å². The molecule has 1 amide bonds.